The normalized spacial score (nSPS) is 14.8. The molecule has 1 fully saturated rings. The fourth-order valence-corrected chi connectivity index (χ4v) is 5.88. The van der Waals surface area contributed by atoms with Gasteiger partial charge in [-0.25, -0.2) is 4.68 Å². The monoisotopic (exact) mass is 611 g/mol. The van der Waals surface area contributed by atoms with E-state index in [1.165, 1.54) is 4.90 Å². The maximum absolute atomic E-state index is 13.1. The van der Waals surface area contributed by atoms with Crippen LogP contribution in [0.1, 0.15) is 11.1 Å². The van der Waals surface area contributed by atoms with Crippen molar-refractivity contribution in [1.29, 1.82) is 0 Å². The molecule has 2 heterocycles. The Bertz CT molecular complexity index is 1720. The van der Waals surface area contributed by atoms with Crippen molar-refractivity contribution in [3.63, 3.8) is 0 Å². The van der Waals surface area contributed by atoms with Crippen molar-refractivity contribution in [1.82, 2.24) is 14.7 Å². The quantitative estimate of drug-likeness (QED) is 0.143. The summed E-state index contributed by atoms with van der Waals surface area (Å²) in [6.07, 6.45) is 3.50. The number of benzene rings is 3. The van der Waals surface area contributed by atoms with E-state index in [4.69, 9.17) is 38.2 Å². The lowest BCUT2D eigenvalue weighted by Gasteiger charge is -2.12. The summed E-state index contributed by atoms with van der Waals surface area (Å²) in [5.74, 6) is -0.423. The Morgan fingerprint density at radius 2 is 1.80 bits per heavy atom. The molecule has 1 aliphatic heterocycles. The van der Waals surface area contributed by atoms with E-state index in [9.17, 15) is 13.2 Å². The molecule has 0 saturated carbocycles. The summed E-state index contributed by atoms with van der Waals surface area (Å²) >= 11 is 12.6. The van der Waals surface area contributed by atoms with Crippen LogP contribution >= 0.6 is 35.6 Å². The van der Waals surface area contributed by atoms with E-state index in [2.05, 4.69) is 0 Å². The zero-order valence-corrected chi connectivity index (χ0v) is 24.0. The number of para-hydroxylation sites is 1. The fourth-order valence-electron chi connectivity index (χ4n) is 3.98. The summed E-state index contributed by atoms with van der Waals surface area (Å²) in [7, 11) is -4.25. The van der Waals surface area contributed by atoms with E-state index in [0.717, 1.165) is 28.6 Å². The minimum Gasteiger partial charge on any atom is -0.489 e. The zero-order chi connectivity index (χ0) is 28.3. The number of nitrogens with zero attached hydrogens (tertiary/aromatic N) is 3. The number of hydrogen-bond donors (Lipinski definition) is 1. The molecule has 0 unspecified atom stereocenters. The van der Waals surface area contributed by atoms with E-state index in [-0.39, 0.29) is 10.9 Å². The summed E-state index contributed by atoms with van der Waals surface area (Å²) in [5.41, 5.74) is 3.71. The van der Waals surface area contributed by atoms with Gasteiger partial charge in [0.2, 0.25) is 0 Å². The van der Waals surface area contributed by atoms with E-state index >= 15 is 0 Å². The lowest BCUT2D eigenvalue weighted by atomic mass is 10.1. The molecule has 8 nitrogen and oxygen atoms in total. The molecule has 5 rings (SSSR count). The first-order valence-electron chi connectivity index (χ1n) is 12.0. The topological polar surface area (TPSA) is 102 Å². The Balaban J connectivity index is 1.48. The second kappa shape index (κ2) is 11.9. The van der Waals surface area contributed by atoms with Gasteiger partial charge in [-0.2, -0.15) is 13.5 Å². The third kappa shape index (κ3) is 6.62. The van der Waals surface area contributed by atoms with E-state index in [1.807, 2.05) is 85.1 Å². The van der Waals surface area contributed by atoms with E-state index < -0.39 is 21.8 Å². The summed E-state index contributed by atoms with van der Waals surface area (Å²) in [5, 5.41) is 5.44. The second-order valence-corrected chi connectivity index (χ2v) is 12.4. The largest absolute Gasteiger partial charge is 0.489 e. The number of halogens is 1. The van der Waals surface area contributed by atoms with Crippen LogP contribution in [0.15, 0.2) is 90.0 Å². The van der Waals surface area contributed by atoms with Crippen molar-refractivity contribution in [3.05, 3.63) is 106 Å². The van der Waals surface area contributed by atoms with Crippen molar-refractivity contribution >= 4 is 62.0 Å². The lowest BCUT2D eigenvalue weighted by Crippen LogP contribution is -2.32. The highest BCUT2D eigenvalue weighted by molar-refractivity contribution is 8.26. The Hall–Kier alpha value is -3.48. The Morgan fingerprint density at radius 3 is 2.55 bits per heavy atom. The molecule has 1 N–H and O–H groups in total. The maximum Gasteiger partial charge on any atom is 0.266 e. The van der Waals surface area contributed by atoms with Crippen LogP contribution in [0.25, 0.3) is 23.0 Å². The van der Waals surface area contributed by atoms with Gasteiger partial charge in [-0.1, -0.05) is 84.1 Å². The molecule has 0 aliphatic carbocycles. The first-order chi connectivity index (χ1) is 19.2. The molecular formula is C28H22ClN3O5S3. The zero-order valence-electron chi connectivity index (χ0n) is 20.8. The number of ether oxygens (including phenoxy) is 1. The summed E-state index contributed by atoms with van der Waals surface area (Å²) in [4.78, 5) is 14.6. The second-order valence-electron chi connectivity index (χ2n) is 8.74. The average Bonchev–Trinajstić information content (AvgIpc) is 3.47. The van der Waals surface area contributed by atoms with Gasteiger partial charge < -0.3 is 4.74 Å². The molecule has 0 bridgehead atoms. The molecule has 1 aliphatic rings. The lowest BCUT2D eigenvalue weighted by molar-refractivity contribution is -0.121. The fraction of sp³-hybridized carbons (Fsp3) is 0.107. The van der Waals surface area contributed by atoms with Crippen LogP contribution in [0.5, 0.6) is 5.75 Å². The van der Waals surface area contributed by atoms with Crippen LogP contribution in [-0.4, -0.2) is 50.2 Å². The van der Waals surface area contributed by atoms with Gasteiger partial charge in [-0.15, -0.1) is 0 Å². The van der Waals surface area contributed by atoms with Crippen LogP contribution in [0.3, 0.4) is 0 Å². The van der Waals surface area contributed by atoms with Crippen LogP contribution in [-0.2, 0) is 21.5 Å². The molecule has 0 radical (unpaired) electrons. The van der Waals surface area contributed by atoms with Crippen molar-refractivity contribution in [2.24, 2.45) is 0 Å². The highest BCUT2D eigenvalue weighted by Crippen LogP contribution is 2.35. The summed E-state index contributed by atoms with van der Waals surface area (Å²) in [6, 6.07) is 24.5. The number of aromatic nitrogens is 2. The van der Waals surface area contributed by atoms with Crippen LogP contribution in [0, 0.1) is 0 Å². The van der Waals surface area contributed by atoms with Gasteiger partial charge in [0.25, 0.3) is 16.0 Å². The third-order valence-corrected chi connectivity index (χ3v) is 8.40. The number of carbonyl (C=O) groups excluding carboxylic acids is 1. The standard InChI is InChI=1S/C28H22ClN3O5S3/c29-24-12-5-4-7-20(24)18-37-23-11-6-8-19(15-23)26-21(17-32(30-26)22-9-2-1-3-10-22)16-25-27(33)31(28(38)39-25)13-14-40(34,35)36/h1-12,15-17H,13-14,18H2,(H,34,35,36)/b25-16-. The number of rotatable bonds is 9. The van der Waals surface area contributed by atoms with E-state index in [1.54, 1.807) is 10.8 Å². The molecule has 0 spiro atoms. The molecule has 40 heavy (non-hydrogen) atoms. The third-order valence-electron chi connectivity index (χ3n) is 5.96. The molecule has 1 amide bonds. The van der Waals surface area contributed by atoms with Gasteiger partial charge in [0.1, 0.15) is 22.4 Å². The molecule has 1 saturated heterocycles. The van der Waals surface area contributed by atoms with Gasteiger partial charge >= 0.3 is 0 Å². The van der Waals surface area contributed by atoms with Crippen molar-refractivity contribution < 1.29 is 22.5 Å². The molecule has 3 aromatic carbocycles. The Kier molecular flexibility index (Phi) is 8.38. The predicted molar refractivity (Wildman–Crippen MR) is 161 cm³/mol. The van der Waals surface area contributed by atoms with Crippen LogP contribution in [0.2, 0.25) is 5.02 Å². The molecular weight excluding hydrogens is 590 g/mol. The number of thioether (sulfide) groups is 1. The minimum absolute atomic E-state index is 0.215. The average molecular weight is 612 g/mol. The number of hydrogen-bond acceptors (Lipinski definition) is 7. The number of carbonyl (C=O) groups is 1. The van der Waals surface area contributed by atoms with Crippen molar-refractivity contribution in [2.45, 2.75) is 6.61 Å². The van der Waals surface area contributed by atoms with Crippen LogP contribution in [0.4, 0.5) is 0 Å². The van der Waals surface area contributed by atoms with Gasteiger partial charge in [-0.05, 0) is 36.4 Å². The van der Waals surface area contributed by atoms with Gasteiger partial charge in [-0.3, -0.25) is 14.2 Å². The highest BCUT2D eigenvalue weighted by atomic mass is 35.5. The molecule has 0 atom stereocenters. The van der Waals surface area contributed by atoms with Crippen LogP contribution < -0.4 is 4.74 Å². The van der Waals surface area contributed by atoms with Crippen molar-refractivity contribution in [3.8, 4) is 22.7 Å². The first kappa shape index (κ1) is 28.1. The van der Waals surface area contributed by atoms with Gasteiger partial charge in [0, 0.05) is 34.5 Å². The molecule has 1 aromatic heterocycles. The summed E-state index contributed by atoms with van der Waals surface area (Å²) < 4.78 is 39.5. The predicted octanol–water partition coefficient (Wildman–Crippen LogP) is 5.86. The Morgan fingerprint density at radius 1 is 1.05 bits per heavy atom. The smallest absolute Gasteiger partial charge is 0.266 e. The molecule has 204 valence electrons. The van der Waals surface area contributed by atoms with Gasteiger partial charge in [0.15, 0.2) is 0 Å². The summed E-state index contributed by atoms with van der Waals surface area (Å²) in [6.45, 7) is 0.0578. The number of thiocarbonyl (C=S) groups is 1. The molecule has 12 heteroatoms. The Labute approximate surface area is 246 Å². The first-order valence-corrected chi connectivity index (χ1v) is 15.2. The van der Waals surface area contributed by atoms with Crippen molar-refractivity contribution in [2.75, 3.05) is 12.3 Å². The molecule has 4 aromatic rings. The SMILES string of the molecule is O=C1/C(=C/c2cn(-c3ccccc3)nc2-c2cccc(OCc3ccccc3Cl)c2)SC(=S)N1CCS(=O)(=O)O. The minimum atomic E-state index is -4.25. The number of amides is 1. The van der Waals surface area contributed by atoms with E-state index in [0.29, 0.717) is 33.5 Å². The highest BCUT2D eigenvalue weighted by Gasteiger charge is 2.33. The van der Waals surface area contributed by atoms with Gasteiger partial charge in [0.05, 0.1) is 16.3 Å². The maximum atomic E-state index is 13.1.